The molecule has 0 saturated heterocycles. The molecule has 0 spiro atoms. The van der Waals surface area contributed by atoms with Crippen LogP contribution in [0.1, 0.15) is 0 Å². The van der Waals surface area contributed by atoms with Gasteiger partial charge in [-0.25, -0.2) is 8.42 Å². The van der Waals surface area contributed by atoms with Gasteiger partial charge in [-0.1, -0.05) is 48.5 Å². The maximum Gasteiger partial charge on any atom is 0.206 e. The third kappa shape index (κ3) is 10.3. The van der Waals surface area contributed by atoms with Crippen molar-refractivity contribution in [1.29, 1.82) is 0 Å². The molecule has 0 unspecified atom stereocenters. The maximum absolute atomic E-state index is 13.3. The van der Waals surface area contributed by atoms with E-state index in [4.69, 9.17) is 9.47 Å². The van der Waals surface area contributed by atoms with Gasteiger partial charge in [0.2, 0.25) is 9.84 Å². The summed E-state index contributed by atoms with van der Waals surface area (Å²) in [5.74, 6) is 1.60. The van der Waals surface area contributed by atoms with Gasteiger partial charge in [-0.2, -0.15) is 0 Å². The lowest BCUT2D eigenvalue weighted by Gasteiger charge is -2.13. The zero-order chi connectivity index (χ0) is 35.1. The third-order valence-electron chi connectivity index (χ3n) is 7.74. The Balaban J connectivity index is 0.928. The van der Waals surface area contributed by atoms with Crippen LogP contribution in [-0.2, 0) is 9.84 Å². The molecule has 6 aromatic rings. The third-order valence-corrected chi connectivity index (χ3v) is 9.53. The standard InChI is InChI=1S/C40H40N6O4S/c47-51(48,39-21-17-31(18-22-39)41-27-43-33-9-7-11-35(25-33)45-29-49-37-13-3-1-4-14-37)40-23-19-32(20-24-40)42-28-44-34-10-8-12-36(26-34)46-30-50-38-15-5-2-6-16-38/h1-26,41-46H,27-30H2. The molecule has 0 saturated carbocycles. The molecule has 6 rings (SSSR count). The minimum absolute atomic E-state index is 0.225. The summed E-state index contributed by atoms with van der Waals surface area (Å²) < 4.78 is 38.1. The summed E-state index contributed by atoms with van der Waals surface area (Å²) in [4.78, 5) is 0.449. The minimum atomic E-state index is -3.68. The van der Waals surface area contributed by atoms with Gasteiger partial charge in [0.05, 0.1) is 23.1 Å². The Bertz CT molecular complexity index is 1920. The lowest BCUT2D eigenvalue weighted by Crippen LogP contribution is -2.13. The average Bonchev–Trinajstić information content (AvgIpc) is 3.17. The van der Waals surface area contributed by atoms with E-state index in [1.807, 2.05) is 109 Å². The molecule has 6 aromatic carbocycles. The van der Waals surface area contributed by atoms with Crippen LogP contribution in [0.2, 0.25) is 0 Å². The fraction of sp³-hybridized carbons (Fsp3) is 0.100. The number of nitrogens with one attached hydrogen (secondary N) is 6. The number of ether oxygens (including phenoxy) is 2. The van der Waals surface area contributed by atoms with E-state index in [9.17, 15) is 8.42 Å². The van der Waals surface area contributed by atoms with Crippen LogP contribution in [0.15, 0.2) is 168 Å². The molecule has 0 atom stereocenters. The molecular weight excluding hydrogens is 661 g/mol. The average molecular weight is 701 g/mol. The smallest absolute Gasteiger partial charge is 0.206 e. The molecule has 0 aliphatic carbocycles. The summed E-state index contributed by atoms with van der Waals surface area (Å²) >= 11 is 0. The van der Waals surface area contributed by atoms with Gasteiger partial charge in [0.1, 0.15) is 11.5 Å². The van der Waals surface area contributed by atoms with Gasteiger partial charge < -0.3 is 41.4 Å². The molecule has 6 N–H and O–H groups in total. The van der Waals surface area contributed by atoms with Crippen LogP contribution in [0.3, 0.4) is 0 Å². The van der Waals surface area contributed by atoms with Crippen LogP contribution in [0, 0.1) is 0 Å². The number of hydrogen-bond acceptors (Lipinski definition) is 10. The normalized spacial score (nSPS) is 10.8. The van der Waals surface area contributed by atoms with Gasteiger partial charge in [-0.05, 0) is 109 Å². The Kier molecular flexibility index (Phi) is 11.8. The molecule has 10 nitrogen and oxygen atoms in total. The SMILES string of the molecule is O=S(=O)(c1ccc(NCNc2cccc(NCOc3ccccc3)c2)cc1)c1ccc(NCNc2cccc(NCOc3ccccc3)c2)cc1. The molecular formula is C40H40N6O4S. The zero-order valence-corrected chi connectivity index (χ0v) is 28.7. The summed E-state index contributed by atoms with van der Waals surface area (Å²) in [6.07, 6.45) is 0. The van der Waals surface area contributed by atoms with E-state index in [0.717, 1.165) is 45.6 Å². The van der Waals surface area contributed by atoms with Crippen LogP contribution in [0.4, 0.5) is 34.1 Å². The minimum Gasteiger partial charge on any atom is -0.473 e. The topological polar surface area (TPSA) is 125 Å². The lowest BCUT2D eigenvalue weighted by atomic mass is 10.3. The van der Waals surface area contributed by atoms with E-state index in [1.165, 1.54) is 0 Å². The van der Waals surface area contributed by atoms with Crippen LogP contribution >= 0.6 is 0 Å². The van der Waals surface area contributed by atoms with Crippen molar-refractivity contribution in [2.75, 3.05) is 58.7 Å². The predicted molar refractivity (Wildman–Crippen MR) is 207 cm³/mol. The van der Waals surface area contributed by atoms with Crippen LogP contribution in [0.5, 0.6) is 11.5 Å². The highest BCUT2D eigenvalue weighted by Gasteiger charge is 2.17. The second-order valence-corrected chi connectivity index (χ2v) is 13.3. The highest BCUT2D eigenvalue weighted by atomic mass is 32.2. The molecule has 11 heteroatoms. The van der Waals surface area contributed by atoms with Crippen LogP contribution in [-0.4, -0.2) is 35.2 Å². The molecule has 51 heavy (non-hydrogen) atoms. The molecule has 0 radical (unpaired) electrons. The quantitative estimate of drug-likeness (QED) is 0.0487. The van der Waals surface area contributed by atoms with E-state index in [0.29, 0.717) is 26.8 Å². The molecule has 0 aliphatic rings. The lowest BCUT2D eigenvalue weighted by molar-refractivity contribution is 0.346. The van der Waals surface area contributed by atoms with Crippen molar-refractivity contribution in [3.05, 3.63) is 158 Å². The molecule has 0 bridgehead atoms. The first kappa shape index (κ1) is 34.5. The second kappa shape index (κ2) is 17.4. The fourth-order valence-corrected chi connectivity index (χ4v) is 6.31. The van der Waals surface area contributed by atoms with Crippen molar-refractivity contribution in [1.82, 2.24) is 0 Å². The highest BCUT2D eigenvalue weighted by Crippen LogP contribution is 2.24. The first-order valence-electron chi connectivity index (χ1n) is 16.5. The number of benzene rings is 6. The van der Waals surface area contributed by atoms with E-state index >= 15 is 0 Å². The van der Waals surface area contributed by atoms with Gasteiger partial charge in [0.25, 0.3) is 0 Å². The molecule has 0 aliphatic heterocycles. The predicted octanol–water partition coefficient (Wildman–Crippen LogP) is 8.38. The number of sulfone groups is 1. The van der Waals surface area contributed by atoms with Crippen molar-refractivity contribution in [3.63, 3.8) is 0 Å². The Hall–Kier alpha value is -6.33. The monoisotopic (exact) mass is 700 g/mol. The van der Waals surface area contributed by atoms with Crippen molar-refractivity contribution in [2.45, 2.75) is 9.79 Å². The van der Waals surface area contributed by atoms with Crippen molar-refractivity contribution in [3.8, 4) is 11.5 Å². The largest absolute Gasteiger partial charge is 0.473 e. The van der Waals surface area contributed by atoms with Crippen molar-refractivity contribution >= 4 is 44.0 Å². The molecule has 0 aromatic heterocycles. The number of para-hydroxylation sites is 2. The first-order valence-corrected chi connectivity index (χ1v) is 17.9. The molecule has 260 valence electrons. The summed E-state index contributed by atoms with van der Waals surface area (Å²) in [6.45, 7) is 1.60. The van der Waals surface area contributed by atoms with Gasteiger partial charge in [0, 0.05) is 34.1 Å². The Labute approximate surface area is 298 Å². The number of rotatable bonds is 18. The Morgan fingerprint density at radius 2 is 0.725 bits per heavy atom. The summed E-state index contributed by atoms with van der Waals surface area (Å²) in [5.41, 5.74) is 5.28. The van der Waals surface area contributed by atoms with E-state index < -0.39 is 9.84 Å². The van der Waals surface area contributed by atoms with E-state index in [-0.39, 0.29) is 9.79 Å². The zero-order valence-electron chi connectivity index (χ0n) is 27.9. The maximum atomic E-state index is 13.3. The fourth-order valence-electron chi connectivity index (χ4n) is 5.05. The van der Waals surface area contributed by atoms with Gasteiger partial charge in [-0.15, -0.1) is 0 Å². The van der Waals surface area contributed by atoms with Crippen LogP contribution < -0.4 is 41.4 Å². The van der Waals surface area contributed by atoms with Gasteiger partial charge in [-0.3, -0.25) is 0 Å². The van der Waals surface area contributed by atoms with E-state index in [1.54, 1.807) is 48.5 Å². The van der Waals surface area contributed by atoms with Crippen LogP contribution in [0.25, 0.3) is 0 Å². The molecule has 0 fully saturated rings. The van der Waals surface area contributed by atoms with Crippen molar-refractivity contribution in [2.24, 2.45) is 0 Å². The number of anilines is 6. The summed E-state index contributed by atoms with van der Waals surface area (Å²) in [5, 5.41) is 19.7. The Morgan fingerprint density at radius 1 is 0.373 bits per heavy atom. The van der Waals surface area contributed by atoms with E-state index in [2.05, 4.69) is 31.9 Å². The Morgan fingerprint density at radius 3 is 1.12 bits per heavy atom. The van der Waals surface area contributed by atoms with Gasteiger partial charge in [0.15, 0.2) is 13.5 Å². The molecule has 0 amide bonds. The summed E-state index contributed by atoms with van der Waals surface area (Å²) in [7, 11) is -3.68. The first-order chi connectivity index (χ1) is 25.0. The van der Waals surface area contributed by atoms with Gasteiger partial charge >= 0.3 is 0 Å². The number of hydrogen-bond donors (Lipinski definition) is 6. The second-order valence-electron chi connectivity index (χ2n) is 11.3. The highest BCUT2D eigenvalue weighted by molar-refractivity contribution is 7.91. The summed E-state index contributed by atoms with van der Waals surface area (Å²) in [6, 6.07) is 48.5. The molecule has 0 heterocycles. The van der Waals surface area contributed by atoms with Crippen molar-refractivity contribution < 1.29 is 17.9 Å².